The predicted octanol–water partition coefficient (Wildman–Crippen LogP) is 6.49. The van der Waals surface area contributed by atoms with Gasteiger partial charge in [0.25, 0.3) is 0 Å². The molecule has 0 N–H and O–H groups in total. The van der Waals surface area contributed by atoms with Crippen LogP contribution in [-0.2, 0) is 0 Å². The smallest absolute Gasteiger partial charge is 0.131 e. The van der Waals surface area contributed by atoms with Crippen LogP contribution >= 0.6 is 38.9 Å². The molecule has 0 spiro atoms. The second kappa shape index (κ2) is 5.47. The minimum absolute atomic E-state index is 0.0285. The molecule has 4 heteroatoms. The van der Waals surface area contributed by atoms with E-state index in [9.17, 15) is 4.39 Å². The van der Waals surface area contributed by atoms with E-state index < -0.39 is 0 Å². The zero-order valence-electron chi connectivity index (χ0n) is 10.7. The summed E-state index contributed by atoms with van der Waals surface area (Å²) in [5, 5.41) is 4.37. The molecule has 1 unspecified atom stereocenters. The Morgan fingerprint density at radius 1 is 1.15 bits per heavy atom. The van der Waals surface area contributed by atoms with Crippen molar-refractivity contribution in [1.82, 2.24) is 0 Å². The lowest BCUT2D eigenvalue weighted by atomic mass is 10.0. The van der Waals surface area contributed by atoms with Crippen LogP contribution in [0, 0.1) is 12.7 Å². The maximum absolute atomic E-state index is 13.9. The van der Waals surface area contributed by atoms with Crippen LogP contribution < -0.4 is 0 Å². The van der Waals surface area contributed by atoms with Gasteiger partial charge in [-0.25, -0.2) is 4.39 Å². The van der Waals surface area contributed by atoms with Crippen molar-refractivity contribution < 1.29 is 4.39 Å². The molecule has 0 bridgehead atoms. The molecule has 1 aromatic heterocycles. The quantitative estimate of drug-likeness (QED) is 0.453. The number of halogens is 3. The molecular weight excluding hydrogens is 359 g/mol. The molecule has 0 fully saturated rings. The van der Waals surface area contributed by atoms with Crippen LogP contribution in [0.3, 0.4) is 0 Å². The molecule has 3 rings (SSSR count). The summed E-state index contributed by atoms with van der Waals surface area (Å²) < 4.78 is 13.9. The third kappa shape index (κ3) is 2.28. The van der Waals surface area contributed by atoms with Crippen molar-refractivity contribution in [2.24, 2.45) is 0 Å². The third-order valence-electron chi connectivity index (χ3n) is 3.33. The molecule has 0 aliphatic carbocycles. The van der Waals surface area contributed by atoms with E-state index in [-0.39, 0.29) is 10.6 Å². The monoisotopic (exact) mass is 368 g/mol. The van der Waals surface area contributed by atoms with Crippen molar-refractivity contribution in [2.45, 2.75) is 11.8 Å². The summed E-state index contributed by atoms with van der Waals surface area (Å²) in [5.74, 6) is -0.197. The molecule has 3 aromatic rings. The highest BCUT2D eigenvalue weighted by Gasteiger charge is 2.19. The van der Waals surface area contributed by atoms with E-state index in [4.69, 9.17) is 11.6 Å². The van der Waals surface area contributed by atoms with Crippen molar-refractivity contribution in [3.8, 4) is 0 Å². The average Bonchev–Trinajstić information content (AvgIpc) is 2.79. The summed E-state index contributed by atoms with van der Waals surface area (Å²) in [6, 6.07) is 10.8. The lowest BCUT2D eigenvalue weighted by Gasteiger charge is -2.13. The zero-order valence-corrected chi connectivity index (χ0v) is 13.8. The van der Waals surface area contributed by atoms with Gasteiger partial charge in [-0.05, 0) is 34.9 Å². The molecule has 1 heterocycles. The fraction of sp³-hybridized carbons (Fsp3) is 0.125. The average molecular weight is 370 g/mol. The number of rotatable bonds is 2. The SMILES string of the molecule is Cc1csc(C(Br)c2ccc(F)c3ccccc23)c1Cl. The summed E-state index contributed by atoms with van der Waals surface area (Å²) >= 11 is 11.7. The largest absolute Gasteiger partial charge is 0.206 e. The molecule has 102 valence electrons. The van der Waals surface area contributed by atoms with E-state index in [0.29, 0.717) is 5.39 Å². The number of aryl methyl sites for hydroxylation is 1. The van der Waals surface area contributed by atoms with Gasteiger partial charge in [0.05, 0.1) is 9.85 Å². The standard InChI is InChI=1S/C16H11BrClFS/c1-9-8-20-16(15(9)18)14(17)12-6-7-13(19)11-5-3-2-4-10(11)12/h2-8,14H,1H3. The lowest BCUT2D eigenvalue weighted by molar-refractivity contribution is 0.639. The van der Waals surface area contributed by atoms with Crippen LogP contribution in [-0.4, -0.2) is 0 Å². The number of hydrogen-bond donors (Lipinski definition) is 0. The zero-order chi connectivity index (χ0) is 14.3. The number of alkyl halides is 1. The molecule has 2 aromatic carbocycles. The van der Waals surface area contributed by atoms with Gasteiger partial charge in [0, 0.05) is 10.3 Å². The van der Waals surface area contributed by atoms with Gasteiger partial charge in [0.15, 0.2) is 0 Å². The van der Waals surface area contributed by atoms with Crippen LogP contribution in [0.2, 0.25) is 5.02 Å². The van der Waals surface area contributed by atoms with Crippen LogP contribution in [0.5, 0.6) is 0 Å². The number of thiophene rings is 1. The molecule has 0 amide bonds. The molecule has 0 aliphatic heterocycles. The fourth-order valence-electron chi connectivity index (χ4n) is 2.27. The number of hydrogen-bond acceptors (Lipinski definition) is 1. The van der Waals surface area contributed by atoms with Crippen LogP contribution in [0.4, 0.5) is 4.39 Å². The molecule has 0 aliphatic rings. The van der Waals surface area contributed by atoms with E-state index in [1.54, 1.807) is 17.4 Å². The first kappa shape index (κ1) is 14.1. The Balaban J connectivity index is 2.20. The molecule has 0 radical (unpaired) electrons. The van der Waals surface area contributed by atoms with E-state index >= 15 is 0 Å². The first-order chi connectivity index (χ1) is 9.59. The van der Waals surface area contributed by atoms with Gasteiger partial charge in [-0.15, -0.1) is 11.3 Å². The topological polar surface area (TPSA) is 0 Å². The van der Waals surface area contributed by atoms with Crippen molar-refractivity contribution in [1.29, 1.82) is 0 Å². The Kier molecular flexibility index (Phi) is 3.85. The summed E-state index contributed by atoms with van der Waals surface area (Å²) in [5.41, 5.74) is 2.10. The predicted molar refractivity (Wildman–Crippen MR) is 88.7 cm³/mol. The summed E-state index contributed by atoms with van der Waals surface area (Å²) in [7, 11) is 0. The van der Waals surface area contributed by atoms with Gasteiger partial charge >= 0.3 is 0 Å². The van der Waals surface area contributed by atoms with Gasteiger partial charge in [-0.3, -0.25) is 0 Å². The first-order valence-electron chi connectivity index (χ1n) is 6.14. The normalized spacial score (nSPS) is 12.8. The summed E-state index contributed by atoms with van der Waals surface area (Å²) in [6.45, 7) is 1.99. The van der Waals surface area contributed by atoms with Gasteiger partial charge in [0.1, 0.15) is 5.82 Å². The van der Waals surface area contributed by atoms with Gasteiger partial charge in [-0.1, -0.05) is 57.9 Å². The molecule has 0 saturated carbocycles. The third-order valence-corrected chi connectivity index (χ3v) is 6.37. The second-order valence-corrected chi connectivity index (χ2v) is 6.85. The minimum atomic E-state index is -0.197. The van der Waals surface area contributed by atoms with Crippen LogP contribution in [0.25, 0.3) is 10.8 Å². The summed E-state index contributed by atoms with van der Waals surface area (Å²) in [4.78, 5) is 1.03. The van der Waals surface area contributed by atoms with E-state index in [0.717, 1.165) is 26.4 Å². The van der Waals surface area contributed by atoms with Crippen molar-refractivity contribution in [3.05, 3.63) is 68.6 Å². The highest BCUT2D eigenvalue weighted by molar-refractivity contribution is 9.09. The minimum Gasteiger partial charge on any atom is -0.206 e. The highest BCUT2D eigenvalue weighted by Crippen LogP contribution is 2.43. The summed E-state index contributed by atoms with van der Waals surface area (Å²) in [6.07, 6.45) is 0. The number of fused-ring (bicyclic) bond motifs is 1. The van der Waals surface area contributed by atoms with Gasteiger partial charge in [-0.2, -0.15) is 0 Å². The van der Waals surface area contributed by atoms with Gasteiger partial charge in [0.2, 0.25) is 0 Å². The Bertz CT molecular complexity index is 781. The maximum Gasteiger partial charge on any atom is 0.131 e. The first-order valence-corrected chi connectivity index (χ1v) is 8.31. The van der Waals surface area contributed by atoms with Crippen LogP contribution in [0.15, 0.2) is 41.8 Å². The van der Waals surface area contributed by atoms with E-state index in [1.165, 1.54) is 6.07 Å². The molecule has 0 nitrogen and oxygen atoms in total. The Hall–Kier alpha value is -0.900. The maximum atomic E-state index is 13.9. The van der Waals surface area contributed by atoms with Crippen molar-refractivity contribution in [2.75, 3.05) is 0 Å². The van der Waals surface area contributed by atoms with Crippen molar-refractivity contribution in [3.63, 3.8) is 0 Å². The Morgan fingerprint density at radius 3 is 2.50 bits per heavy atom. The van der Waals surface area contributed by atoms with Crippen molar-refractivity contribution >= 4 is 49.6 Å². The molecule has 0 saturated heterocycles. The Morgan fingerprint density at radius 2 is 1.85 bits per heavy atom. The van der Waals surface area contributed by atoms with Crippen LogP contribution in [0.1, 0.15) is 20.8 Å². The molecule has 20 heavy (non-hydrogen) atoms. The Labute approximate surface area is 134 Å². The van der Waals surface area contributed by atoms with E-state index in [1.807, 2.05) is 36.6 Å². The lowest BCUT2D eigenvalue weighted by Crippen LogP contribution is -1.94. The molecule has 1 atom stereocenters. The second-order valence-electron chi connectivity index (χ2n) is 4.64. The number of benzene rings is 2. The fourth-order valence-corrected chi connectivity index (χ4v) is 4.65. The van der Waals surface area contributed by atoms with E-state index in [2.05, 4.69) is 15.9 Å². The van der Waals surface area contributed by atoms with Gasteiger partial charge < -0.3 is 0 Å². The highest BCUT2D eigenvalue weighted by atomic mass is 79.9. The molecular formula is C16H11BrClFS.